The van der Waals surface area contributed by atoms with Gasteiger partial charge in [-0.15, -0.1) is 0 Å². The molecule has 1 N–H and O–H groups in total. The van der Waals surface area contributed by atoms with Crippen LogP contribution in [-0.4, -0.2) is 30.5 Å². The van der Waals surface area contributed by atoms with Crippen LogP contribution in [0.2, 0.25) is 0 Å². The first-order chi connectivity index (χ1) is 14.5. The monoisotopic (exact) mass is 407 g/mol. The fraction of sp³-hybridized carbons (Fsp3) is 0.130. The zero-order valence-electron chi connectivity index (χ0n) is 16.8. The molecule has 7 nitrogen and oxygen atoms in total. The zero-order chi connectivity index (χ0) is 21.5. The third-order valence-electron chi connectivity index (χ3n) is 4.08. The molecule has 0 atom stereocenters. The van der Waals surface area contributed by atoms with Crippen molar-refractivity contribution in [2.75, 3.05) is 14.2 Å². The van der Waals surface area contributed by atoms with Crippen molar-refractivity contribution >= 4 is 30.3 Å². The molecule has 3 aromatic rings. The number of phenolic OH excluding ortho intramolecular Hbond substituents is 1. The van der Waals surface area contributed by atoms with E-state index < -0.39 is 5.97 Å². The summed E-state index contributed by atoms with van der Waals surface area (Å²) in [5, 5.41) is 13.7. The van der Waals surface area contributed by atoms with Crippen LogP contribution in [0.1, 0.15) is 29.5 Å². The highest BCUT2D eigenvalue weighted by Gasteiger charge is 2.07. The van der Waals surface area contributed by atoms with E-state index >= 15 is 0 Å². The minimum Gasteiger partial charge on any atom is -0.504 e. The predicted molar refractivity (Wildman–Crippen MR) is 113 cm³/mol. The molecule has 0 fully saturated rings. The summed E-state index contributed by atoms with van der Waals surface area (Å²) in [6.45, 7) is 1.33. The lowest BCUT2D eigenvalue weighted by molar-refractivity contribution is -0.132. The van der Waals surface area contributed by atoms with Crippen molar-refractivity contribution in [3.63, 3.8) is 0 Å². The standard InChI is InChI=1S/C23H21NO6/c1-15(25)29-21-11-7-17(13-23(21)28-3)5-9-19-14-18(24-30-19)8-4-16-6-10-20(26)22(12-16)27-2/h4-14,26H,1-3H3/b8-4+,9-5+. The summed E-state index contributed by atoms with van der Waals surface area (Å²) in [6, 6.07) is 12.1. The average Bonchev–Trinajstić information content (AvgIpc) is 3.20. The molecule has 7 heteroatoms. The predicted octanol–water partition coefficient (Wildman–Crippen LogP) is 4.66. The van der Waals surface area contributed by atoms with Crippen molar-refractivity contribution in [1.29, 1.82) is 0 Å². The second-order valence-corrected chi connectivity index (χ2v) is 6.26. The van der Waals surface area contributed by atoms with Crippen LogP contribution in [0.3, 0.4) is 0 Å². The quantitative estimate of drug-likeness (QED) is 0.450. The number of esters is 1. The molecular weight excluding hydrogens is 386 g/mol. The molecule has 30 heavy (non-hydrogen) atoms. The summed E-state index contributed by atoms with van der Waals surface area (Å²) in [7, 11) is 3.01. The van der Waals surface area contributed by atoms with Gasteiger partial charge in [0, 0.05) is 13.0 Å². The highest BCUT2D eigenvalue weighted by atomic mass is 16.6. The van der Waals surface area contributed by atoms with Gasteiger partial charge in [-0.3, -0.25) is 4.79 Å². The molecule has 1 aromatic heterocycles. The second-order valence-electron chi connectivity index (χ2n) is 6.26. The Morgan fingerprint density at radius 1 is 0.900 bits per heavy atom. The average molecular weight is 407 g/mol. The number of methoxy groups -OCH3 is 2. The number of benzene rings is 2. The number of rotatable bonds is 7. The van der Waals surface area contributed by atoms with Crippen molar-refractivity contribution in [3.8, 4) is 23.0 Å². The first-order valence-corrected chi connectivity index (χ1v) is 9.05. The van der Waals surface area contributed by atoms with Gasteiger partial charge in [0.2, 0.25) is 0 Å². The van der Waals surface area contributed by atoms with E-state index in [4.69, 9.17) is 18.7 Å². The number of hydrogen-bond acceptors (Lipinski definition) is 7. The maximum atomic E-state index is 11.1. The molecule has 0 saturated carbocycles. The van der Waals surface area contributed by atoms with E-state index in [9.17, 15) is 9.90 Å². The summed E-state index contributed by atoms with van der Waals surface area (Å²) in [4.78, 5) is 11.1. The number of nitrogens with zero attached hydrogens (tertiary/aromatic N) is 1. The van der Waals surface area contributed by atoms with Gasteiger partial charge in [-0.25, -0.2) is 0 Å². The van der Waals surface area contributed by atoms with Crippen molar-refractivity contribution in [3.05, 3.63) is 65.0 Å². The fourth-order valence-electron chi connectivity index (χ4n) is 2.65. The minimum absolute atomic E-state index is 0.0843. The Bertz CT molecular complexity index is 1100. The lowest BCUT2D eigenvalue weighted by Crippen LogP contribution is -2.02. The number of aromatic nitrogens is 1. The molecule has 2 aromatic carbocycles. The van der Waals surface area contributed by atoms with Gasteiger partial charge in [-0.05, 0) is 47.5 Å². The lowest BCUT2D eigenvalue weighted by atomic mass is 10.1. The van der Waals surface area contributed by atoms with Crippen LogP contribution in [0, 0.1) is 0 Å². The summed E-state index contributed by atoms with van der Waals surface area (Å²) in [5.41, 5.74) is 2.33. The molecule has 0 aliphatic rings. The summed E-state index contributed by atoms with van der Waals surface area (Å²) >= 11 is 0. The van der Waals surface area contributed by atoms with Gasteiger partial charge in [0.15, 0.2) is 28.8 Å². The van der Waals surface area contributed by atoms with Gasteiger partial charge in [-0.1, -0.05) is 29.4 Å². The van der Waals surface area contributed by atoms with Crippen LogP contribution < -0.4 is 14.2 Å². The SMILES string of the molecule is COc1cc(/C=C/c2cc(/C=C/c3ccc(OC(C)=O)c(OC)c3)on2)ccc1O. The first kappa shape index (κ1) is 20.7. The Balaban J connectivity index is 1.70. The van der Waals surface area contributed by atoms with Gasteiger partial charge in [0.25, 0.3) is 0 Å². The van der Waals surface area contributed by atoms with E-state index in [1.54, 1.807) is 54.6 Å². The highest BCUT2D eigenvalue weighted by molar-refractivity contribution is 5.74. The van der Waals surface area contributed by atoms with Gasteiger partial charge < -0.3 is 23.8 Å². The lowest BCUT2D eigenvalue weighted by Gasteiger charge is -2.08. The summed E-state index contributed by atoms with van der Waals surface area (Å²) in [6.07, 6.45) is 7.24. The van der Waals surface area contributed by atoms with Crippen LogP contribution in [0.4, 0.5) is 0 Å². The zero-order valence-corrected chi connectivity index (χ0v) is 16.8. The summed E-state index contributed by atoms with van der Waals surface area (Å²) < 4.78 is 20.8. The van der Waals surface area contributed by atoms with E-state index in [1.807, 2.05) is 12.2 Å². The van der Waals surface area contributed by atoms with Gasteiger partial charge >= 0.3 is 5.97 Å². The van der Waals surface area contributed by atoms with Crippen LogP contribution >= 0.6 is 0 Å². The van der Waals surface area contributed by atoms with Crippen LogP contribution in [0.15, 0.2) is 47.0 Å². The van der Waals surface area contributed by atoms with Crippen molar-refractivity contribution in [2.24, 2.45) is 0 Å². The molecule has 3 rings (SSSR count). The van der Waals surface area contributed by atoms with Gasteiger partial charge in [0.1, 0.15) is 5.69 Å². The maximum Gasteiger partial charge on any atom is 0.308 e. The van der Waals surface area contributed by atoms with Gasteiger partial charge in [0.05, 0.1) is 14.2 Å². The van der Waals surface area contributed by atoms with E-state index in [-0.39, 0.29) is 5.75 Å². The van der Waals surface area contributed by atoms with E-state index in [1.165, 1.54) is 21.1 Å². The second kappa shape index (κ2) is 9.47. The molecule has 154 valence electrons. The molecule has 0 radical (unpaired) electrons. The van der Waals surface area contributed by atoms with Crippen molar-refractivity contribution < 1.29 is 28.6 Å². The number of carbonyl (C=O) groups excluding carboxylic acids is 1. The van der Waals surface area contributed by atoms with Crippen LogP contribution in [-0.2, 0) is 4.79 Å². The van der Waals surface area contributed by atoms with Crippen molar-refractivity contribution in [1.82, 2.24) is 5.16 Å². The number of carbonyl (C=O) groups is 1. The topological polar surface area (TPSA) is 91.0 Å². The molecule has 0 bridgehead atoms. The third-order valence-corrected chi connectivity index (χ3v) is 4.08. The smallest absolute Gasteiger partial charge is 0.308 e. The maximum absolute atomic E-state index is 11.1. The molecule has 0 aliphatic heterocycles. The van der Waals surface area contributed by atoms with E-state index in [2.05, 4.69) is 5.16 Å². The summed E-state index contributed by atoms with van der Waals surface area (Å²) in [5.74, 6) is 1.46. The number of ether oxygens (including phenoxy) is 3. The fourth-order valence-corrected chi connectivity index (χ4v) is 2.65. The molecule has 1 heterocycles. The molecule has 0 spiro atoms. The third kappa shape index (κ3) is 5.29. The highest BCUT2D eigenvalue weighted by Crippen LogP contribution is 2.29. The normalized spacial score (nSPS) is 11.2. The van der Waals surface area contributed by atoms with Gasteiger partial charge in [-0.2, -0.15) is 0 Å². The number of hydrogen-bond donors (Lipinski definition) is 1. The molecule has 0 unspecified atom stereocenters. The van der Waals surface area contributed by atoms with Crippen molar-refractivity contribution in [2.45, 2.75) is 6.92 Å². The molecule has 0 amide bonds. The largest absolute Gasteiger partial charge is 0.504 e. The van der Waals surface area contributed by atoms with E-state index in [0.29, 0.717) is 28.7 Å². The number of aromatic hydroxyl groups is 1. The molecular formula is C23H21NO6. The molecule has 0 saturated heterocycles. The Morgan fingerprint density at radius 2 is 1.57 bits per heavy atom. The molecule has 0 aliphatic carbocycles. The van der Waals surface area contributed by atoms with E-state index in [0.717, 1.165) is 11.1 Å². The minimum atomic E-state index is -0.412. The number of phenols is 1. The Morgan fingerprint density at radius 3 is 2.27 bits per heavy atom. The van der Waals surface area contributed by atoms with Crippen LogP contribution in [0.5, 0.6) is 23.0 Å². The Labute approximate surface area is 173 Å². The first-order valence-electron chi connectivity index (χ1n) is 9.05. The van der Waals surface area contributed by atoms with Crippen LogP contribution in [0.25, 0.3) is 24.3 Å². The Hall–Kier alpha value is -4.00. The Kier molecular flexibility index (Phi) is 6.54.